The highest BCUT2D eigenvalue weighted by Gasteiger charge is 2.24. The topological polar surface area (TPSA) is 59.7 Å². The number of anilines is 1. The van der Waals surface area contributed by atoms with Gasteiger partial charge in [-0.05, 0) is 54.4 Å². The van der Waals surface area contributed by atoms with Gasteiger partial charge >= 0.3 is 0 Å². The van der Waals surface area contributed by atoms with Crippen LogP contribution in [0.15, 0.2) is 71.9 Å². The molecule has 3 heterocycles. The lowest BCUT2D eigenvalue weighted by Crippen LogP contribution is -2.30. The molecule has 150 valence electrons. The highest BCUT2D eigenvalue weighted by Crippen LogP contribution is 2.29. The predicted molar refractivity (Wildman–Crippen MR) is 118 cm³/mol. The number of hydrogen-bond donors (Lipinski definition) is 0. The summed E-state index contributed by atoms with van der Waals surface area (Å²) < 4.78 is 6.97. The molecule has 1 aliphatic rings. The van der Waals surface area contributed by atoms with Crippen LogP contribution in [0.25, 0.3) is 16.9 Å². The van der Waals surface area contributed by atoms with Crippen molar-refractivity contribution in [3.63, 3.8) is 0 Å². The molecule has 0 bridgehead atoms. The highest BCUT2D eigenvalue weighted by atomic mass is 32.2. The molecule has 0 unspecified atom stereocenters. The number of fused-ring (bicyclic) bond motifs is 2. The number of ether oxygens (including phenoxy) is 1. The van der Waals surface area contributed by atoms with Crippen molar-refractivity contribution < 1.29 is 9.53 Å². The van der Waals surface area contributed by atoms with E-state index in [2.05, 4.69) is 16.1 Å². The lowest BCUT2D eigenvalue weighted by atomic mass is 10.2. The summed E-state index contributed by atoms with van der Waals surface area (Å²) in [7, 11) is 1.65. The normalized spacial score (nSPS) is 12.9. The second kappa shape index (κ2) is 7.84. The number of aromatic nitrogens is 3. The van der Waals surface area contributed by atoms with Crippen LogP contribution in [0.1, 0.15) is 5.56 Å². The molecule has 0 atom stereocenters. The summed E-state index contributed by atoms with van der Waals surface area (Å²) in [5, 5.41) is 5.41. The Morgan fingerprint density at radius 1 is 1.10 bits per heavy atom. The maximum Gasteiger partial charge on any atom is 0.237 e. The van der Waals surface area contributed by atoms with Crippen molar-refractivity contribution in [2.75, 3.05) is 24.3 Å². The van der Waals surface area contributed by atoms with Crippen LogP contribution in [-0.4, -0.2) is 39.9 Å². The van der Waals surface area contributed by atoms with Crippen molar-refractivity contribution >= 4 is 29.0 Å². The van der Waals surface area contributed by atoms with Crippen LogP contribution < -0.4 is 9.64 Å². The second-order valence-electron chi connectivity index (χ2n) is 7.04. The Kier molecular flexibility index (Phi) is 4.88. The Morgan fingerprint density at radius 2 is 1.93 bits per heavy atom. The molecule has 0 saturated carbocycles. The highest BCUT2D eigenvalue weighted by molar-refractivity contribution is 7.99. The van der Waals surface area contributed by atoms with Gasteiger partial charge in [0.05, 0.1) is 24.8 Å². The van der Waals surface area contributed by atoms with E-state index in [9.17, 15) is 4.79 Å². The first-order valence-electron chi connectivity index (χ1n) is 9.73. The number of methoxy groups -OCH3 is 1. The molecule has 1 amide bonds. The molecule has 0 saturated heterocycles. The lowest BCUT2D eigenvalue weighted by molar-refractivity contribution is -0.116. The summed E-state index contributed by atoms with van der Waals surface area (Å²) in [4.78, 5) is 19.2. The van der Waals surface area contributed by atoms with Crippen molar-refractivity contribution in [1.29, 1.82) is 0 Å². The molecular weight excluding hydrogens is 396 g/mol. The first-order chi connectivity index (χ1) is 14.7. The van der Waals surface area contributed by atoms with E-state index in [1.165, 1.54) is 17.3 Å². The lowest BCUT2D eigenvalue weighted by Gasteiger charge is -2.16. The summed E-state index contributed by atoms with van der Waals surface area (Å²) in [5.74, 6) is 1.27. The van der Waals surface area contributed by atoms with E-state index < -0.39 is 0 Å². The first-order valence-corrected chi connectivity index (χ1v) is 10.7. The fraction of sp³-hybridized carbons (Fsp3) is 0.174. The van der Waals surface area contributed by atoms with Gasteiger partial charge in [0.1, 0.15) is 10.8 Å². The Bertz CT molecular complexity index is 1220. The van der Waals surface area contributed by atoms with Gasteiger partial charge in [-0.2, -0.15) is 5.10 Å². The number of carbonyl (C=O) groups excluding carboxylic acids is 1. The molecule has 0 N–H and O–H groups in total. The minimum atomic E-state index is 0.108. The molecule has 30 heavy (non-hydrogen) atoms. The number of nitrogens with zero attached hydrogens (tertiary/aromatic N) is 4. The quantitative estimate of drug-likeness (QED) is 0.459. The van der Waals surface area contributed by atoms with E-state index in [0.29, 0.717) is 5.75 Å². The summed E-state index contributed by atoms with van der Waals surface area (Å²) in [5.41, 5.74) is 4.88. The Labute approximate surface area is 178 Å². The van der Waals surface area contributed by atoms with Gasteiger partial charge in [0.2, 0.25) is 5.91 Å². The van der Waals surface area contributed by atoms with E-state index >= 15 is 0 Å². The van der Waals surface area contributed by atoms with Crippen molar-refractivity contribution in [3.05, 3.63) is 72.4 Å². The molecule has 4 aromatic rings. The van der Waals surface area contributed by atoms with Crippen molar-refractivity contribution in [3.8, 4) is 17.0 Å². The maximum atomic E-state index is 12.7. The summed E-state index contributed by atoms with van der Waals surface area (Å²) >= 11 is 1.45. The van der Waals surface area contributed by atoms with Gasteiger partial charge < -0.3 is 9.64 Å². The molecular formula is C23H20N4O2S. The van der Waals surface area contributed by atoms with Crippen LogP contribution in [0.3, 0.4) is 0 Å². The maximum absolute atomic E-state index is 12.7. The van der Waals surface area contributed by atoms with E-state index in [1.807, 2.05) is 65.7 Å². The molecule has 0 aliphatic carbocycles. The van der Waals surface area contributed by atoms with E-state index in [4.69, 9.17) is 4.74 Å². The van der Waals surface area contributed by atoms with Crippen molar-refractivity contribution in [2.45, 2.75) is 11.4 Å². The SMILES string of the molecule is COc1ccc(-c2cn3nc(SCC(=O)N4CCc5ccccc54)ccc3n2)cc1. The predicted octanol–water partition coefficient (Wildman–Crippen LogP) is 4.09. The summed E-state index contributed by atoms with van der Waals surface area (Å²) in [6, 6.07) is 19.7. The number of para-hydroxylation sites is 1. The van der Waals surface area contributed by atoms with Crippen molar-refractivity contribution in [1.82, 2.24) is 14.6 Å². The fourth-order valence-corrected chi connectivity index (χ4v) is 4.39. The Morgan fingerprint density at radius 3 is 2.77 bits per heavy atom. The van der Waals surface area contributed by atoms with E-state index in [-0.39, 0.29) is 5.91 Å². The van der Waals surface area contributed by atoms with Crippen LogP contribution in [0, 0.1) is 0 Å². The molecule has 5 rings (SSSR count). The van der Waals surface area contributed by atoms with Crippen LogP contribution in [0.4, 0.5) is 5.69 Å². The zero-order chi connectivity index (χ0) is 20.5. The van der Waals surface area contributed by atoms with E-state index in [1.54, 1.807) is 11.6 Å². The minimum Gasteiger partial charge on any atom is -0.497 e. The van der Waals surface area contributed by atoms with Gasteiger partial charge in [-0.1, -0.05) is 30.0 Å². The summed E-state index contributed by atoms with van der Waals surface area (Å²) in [6.45, 7) is 0.748. The zero-order valence-electron chi connectivity index (χ0n) is 16.5. The molecule has 7 heteroatoms. The van der Waals surface area contributed by atoms with Gasteiger partial charge in [-0.15, -0.1) is 0 Å². The third kappa shape index (κ3) is 3.52. The third-order valence-electron chi connectivity index (χ3n) is 5.21. The average Bonchev–Trinajstić information content (AvgIpc) is 3.41. The van der Waals surface area contributed by atoms with Gasteiger partial charge in [-0.3, -0.25) is 4.79 Å². The number of benzene rings is 2. The van der Waals surface area contributed by atoms with Gasteiger partial charge in [0.25, 0.3) is 0 Å². The molecule has 0 spiro atoms. The zero-order valence-corrected chi connectivity index (χ0v) is 17.3. The van der Waals surface area contributed by atoms with Gasteiger partial charge in [0, 0.05) is 17.8 Å². The Balaban J connectivity index is 1.30. The minimum absolute atomic E-state index is 0.108. The number of rotatable bonds is 5. The molecule has 6 nitrogen and oxygen atoms in total. The monoisotopic (exact) mass is 416 g/mol. The number of imidazole rings is 1. The molecule has 2 aromatic heterocycles. The number of hydrogen-bond acceptors (Lipinski definition) is 5. The standard InChI is InChI=1S/C23H20N4O2S/c1-29-18-8-6-16(7-9-18)19-14-27-21(24-19)10-11-22(25-27)30-15-23(28)26-13-12-17-4-2-3-5-20(17)26/h2-11,14H,12-13,15H2,1H3. The van der Waals surface area contributed by atoms with Crippen LogP contribution in [-0.2, 0) is 11.2 Å². The third-order valence-corrected chi connectivity index (χ3v) is 6.12. The van der Waals surface area contributed by atoms with Gasteiger partial charge in [-0.25, -0.2) is 9.50 Å². The second-order valence-corrected chi connectivity index (χ2v) is 8.04. The fourth-order valence-electron chi connectivity index (χ4n) is 3.65. The summed E-state index contributed by atoms with van der Waals surface area (Å²) in [6.07, 6.45) is 2.82. The first kappa shape index (κ1) is 18.7. The Hall–Kier alpha value is -3.32. The van der Waals surface area contributed by atoms with Crippen molar-refractivity contribution in [2.24, 2.45) is 0 Å². The average molecular weight is 417 g/mol. The smallest absolute Gasteiger partial charge is 0.237 e. The number of thioether (sulfide) groups is 1. The van der Waals surface area contributed by atoms with Crippen LogP contribution >= 0.6 is 11.8 Å². The largest absolute Gasteiger partial charge is 0.497 e. The van der Waals surface area contributed by atoms with Crippen LogP contribution in [0.5, 0.6) is 5.75 Å². The molecule has 1 aliphatic heterocycles. The molecule has 0 radical (unpaired) electrons. The number of carbonyl (C=O) groups is 1. The van der Waals surface area contributed by atoms with Crippen LogP contribution in [0.2, 0.25) is 0 Å². The van der Waals surface area contributed by atoms with Gasteiger partial charge in [0.15, 0.2) is 5.65 Å². The number of amides is 1. The molecule has 0 fully saturated rings. The van der Waals surface area contributed by atoms with E-state index in [0.717, 1.165) is 46.3 Å². The molecule has 2 aromatic carbocycles.